The summed E-state index contributed by atoms with van der Waals surface area (Å²) >= 11 is 0. The second-order valence-corrected chi connectivity index (χ2v) is 9.30. The Hall–Kier alpha value is -4.20. The Morgan fingerprint density at radius 3 is 1.84 bits per heavy atom. The summed E-state index contributed by atoms with van der Waals surface area (Å²) in [5.41, 5.74) is 16.9. The fourth-order valence-electron chi connectivity index (χ4n) is 3.46. The van der Waals surface area contributed by atoms with Crippen molar-refractivity contribution in [1.82, 2.24) is 16.0 Å². The van der Waals surface area contributed by atoms with Gasteiger partial charge in [0.15, 0.2) is 0 Å². The van der Waals surface area contributed by atoms with Crippen LogP contribution in [0.3, 0.4) is 0 Å². The van der Waals surface area contributed by atoms with E-state index >= 15 is 0 Å². The molecule has 0 aliphatic rings. The minimum Gasteiger partial charge on any atom is -0.508 e. The minimum atomic E-state index is -1.55. The lowest BCUT2D eigenvalue weighted by Crippen LogP contribution is -2.58. The average Bonchev–Trinajstić information content (AvgIpc) is 2.81. The average molecular weight is 537 g/mol. The summed E-state index contributed by atoms with van der Waals surface area (Å²) in [5.74, 6) is -5.67. The molecule has 0 radical (unpaired) electrons. The van der Waals surface area contributed by atoms with Gasteiger partial charge >= 0.3 is 5.97 Å². The zero-order valence-corrected chi connectivity index (χ0v) is 21.3. The van der Waals surface area contributed by atoms with E-state index in [2.05, 4.69) is 16.0 Å². The lowest BCUT2D eigenvalue weighted by molar-refractivity contribution is -0.142. The molecule has 0 spiro atoms. The van der Waals surface area contributed by atoms with E-state index < -0.39 is 66.1 Å². The predicted molar refractivity (Wildman–Crippen MR) is 135 cm³/mol. The first kappa shape index (κ1) is 31.8. The van der Waals surface area contributed by atoms with Gasteiger partial charge < -0.3 is 43.4 Å². The molecule has 0 aliphatic carbocycles. The van der Waals surface area contributed by atoms with Gasteiger partial charge in [0.25, 0.3) is 0 Å². The van der Waals surface area contributed by atoms with Crippen molar-refractivity contribution >= 4 is 35.5 Å². The van der Waals surface area contributed by atoms with Gasteiger partial charge in [0.05, 0.1) is 12.5 Å². The highest BCUT2D eigenvalue weighted by Gasteiger charge is 2.31. The second-order valence-electron chi connectivity index (χ2n) is 9.30. The Kier molecular flexibility index (Phi) is 12.7. The Bertz CT molecular complexity index is 1010. The third-order valence-electron chi connectivity index (χ3n) is 5.40. The summed E-state index contributed by atoms with van der Waals surface area (Å²) in [4.78, 5) is 72.5. The predicted octanol–water partition coefficient (Wildman–Crippen LogP) is -2.01. The van der Waals surface area contributed by atoms with Crippen LogP contribution in [-0.4, -0.2) is 69.9 Å². The quantitative estimate of drug-likeness (QED) is 0.116. The molecule has 1 aromatic carbocycles. The molecule has 5 amide bonds. The number of carboxylic acids is 1. The van der Waals surface area contributed by atoms with E-state index in [1.165, 1.54) is 12.1 Å². The number of hydrogen-bond donors (Lipinski definition) is 8. The first-order valence-corrected chi connectivity index (χ1v) is 11.9. The van der Waals surface area contributed by atoms with Gasteiger partial charge in [-0.15, -0.1) is 0 Å². The van der Waals surface area contributed by atoms with Crippen molar-refractivity contribution in [2.45, 2.75) is 70.1 Å². The molecular weight excluding hydrogens is 500 g/mol. The number of amides is 5. The Balaban J connectivity index is 2.97. The van der Waals surface area contributed by atoms with Gasteiger partial charge in [-0.2, -0.15) is 0 Å². The van der Waals surface area contributed by atoms with Crippen LogP contribution >= 0.6 is 0 Å². The molecule has 14 nitrogen and oxygen atoms in total. The number of rotatable bonds is 16. The molecule has 14 heteroatoms. The zero-order valence-electron chi connectivity index (χ0n) is 21.3. The van der Waals surface area contributed by atoms with E-state index in [9.17, 15) is 39.0 Å². The maximum absolute atomic E-state index is 13.1. The van der Waals surface area contributed by atoms with Crippen LogP contribution in [0, 0.1) is 5.92 Å². The van der Waals surface area contributed by atoms with Crippen molar-refractivity contribution in [3.8, 4) is 5.75 Å². The molecule has 1 rings (SSSR count). The van der Waals surface area contributed by atoms with Crippen molar-refractivity contribution in [2.24, 2.45) is 23.1 Å². The number of carbonyl (C=O) groups excluding carboxylic acids is 5. The van der Waals surface area contributed by atoms with E-state index in [1.54, 1.807) is 26.0 Å². The number of phenolic OH excluding ortho intramolecular Hbond substituents is 1. The summed E-state index contributed by atoms with van der Waals surface area (Å²) in [6.07, 6.45) is -1.00. The third kappa shape index (κ3) is 11.7. The molecule has 210 valence electrons. The molecule has 0 saturated carbocycles. The van der Waals surface area contributed by atoms with Crippen molar-refractivity contribution in [1.29, 1.82) is 0 Å². The van der Waals surface area contributed by atoms with Crippen molar-refractivity contribution < 1.29 is 39.0 Å². The van der Waals surface area contributed by atoms with Crippen LogP contribution in [0.15, 0.2) is 24.3 Å². The van der Waals surface area contributed by atoms with Crippen LogP contribution in [-0.2, 0) is 35.2 Å². The lowest BCUT2D eigenvalue weighted by atomic mass is 10.0. The highest BCUT2D eigenvalue weighted by molar-refractivity contribution is 5.96. The highest BCUT2D eigenvalue weighted by Crippen LogP contribution is 2.12. The molecule has 4 unspecified atom stereocenters. The molecule has 0 aromatic heterocycles. The van der Waals surface area contributed by atoms with Crippen LogP contribution in [0.5, 0.6) is 5.75 Å². The summed E-state index contributed by atoms with van der Waals surface area (Å²) in [6.45, 7) is 3.60. The fourth-order valence-corrected chi connectivity index (χ4v) is 3.46. The first-order valence-electron chi connectivity index (χ1n) is 11.9. The molecule has 0 aliphatic heterocycles. The fraction of sp³-hybridized carbons (Fsp3) is 0.500. The SMILES string of the molecule is CC(C)CC(NC(=O)C(N)Cc1ccc(O)cc1)C(=O)NC(CC(N)=O)C(=O)NC(CCC(N)=O)C(=O)O. The normalized spacial score (nSPS) is 14.0. The van der Waals surface area contributed by atoms with Gasteiger partial charge in [0, 0.05) is 6.42 Å². The number of nitrogens with one attached hydrogen (secondary N) is 3. The minimum absolute atomic E-state index is 0.0533. The van der Waals surface area contributed by atoms with E-state index in [-0.39, 0.29) is 37.4 Å². The van der Waals surface area contributed by atoms with Crippen LogP contribution in [0.25, 0.3) is 0 Å². The van der Waals surface area contributed by atoms with Gasteiger partial charge in [0.1, 0.15) is 23.9 Å². The van der Waals surface area contributed by atoms with Crippen LogP contribution in [0.4, 0.5) is 0 Å². The van der Waals surface area contributed by atoms with Crippen molar-refractivity contribution in [3.63, 3.8) is 0 Å². The largest absolute Gasteiger partial charge is 0.508 e. The number of primary amides is 2. The number of benzene rings is 1. The van der Waals surface area contributed by atoms with Crippen LogP contribution in [0.2, 0.25) is 0 Å². The molecule has 4 atom stereocenters. The molecule has 11 N–H and O–H groups in total. The zero-order chi connectivity index (χ0) is 29.0. The number of aliphatic carboxylic acids is 1. The molecule has 1 aromatic rings. The summed E-state index contributed by atoms with van der Waals surface area (Å²) in [7, 11) is 0. The number of aromatic hydroxyl groups is 1. The van der Waals surface area contributed by atoms with Gasteiger partial charge in [0.2, 0.25) is 29.5 Å². The van der Waals surface area contributed by atoms with E-state index in [1.807, 2.05) is 0 Å². The third-order valence-corrected chi connectivity index (χ3v) is 5.40. The topological polar surface area (TPSA) is 257 Å². The van der Waals surface area contributed by atoms with E-state index in [4.69, 9.17) is 17.2 Å². The van der Waals surface area contributed by atoms with E-state index in [0.29, 0.717) is 5.56 Å². The smallest absolute Gasteiger partial charge is 0.326 e. The number of nitrogens with two attached hydrogens (primary N) is 3. The molecule has 0 heterocycles. The molecule has 0 saturated heterocycles. The van der Waals surface area contributed by atoms with Crippen LogP contribution < -0.4 is 33.2 Å². The summed E-state index contributed by atoms with van der Waals surface area (Å²) in [5, 5.41) is 25.8. The summed E-state index contributed by atoms with van der Waals surface area (Å²) < 4.78 is 0. The Labute approximate surface area is 219 Å². The van der Waals surface area contributed by atoms with Gasteiger partial charge in [-0.25, -0.2) is 4.79 Å². The second kappa shape index (κ2) is 15.1. The molecule has 0 bridgehead atoms. The summed E-state index contributed by atoms with van der Waals surface area (Å²) in [6, 6.07) is 0.862. The van der Waals surface area contributed by atoms with E-state index in [0.717, 1.165) is 0 Å². The Morgan fingerprint density at radius 2 is 1.34 bits per heavy atom. The molecular formula is C24H36N6O8. The van der Waals surface area contributed by atoms with Gasteiger partial charge in [-0.05, 0) is 42.9 Å². The van der Waals surface area contributed by atoms with Gasteiger partial charge in [-0.1, -0.05) is 26.0 Å². The number of carbonyl (C=O) groups is 6. The lowest BCUT2D eigenvalue weighted by Gasteiger charge is -2.25. The highest BCUT2D eigenvalue weighted by atomic mass is 16.4. The van der Waals surface area contributed by atoms with Crippen molar-refractivity contribution in [3.05, 3.63) is 29.8 Å². The number of hydrogen-bond acceptors (Lipinski definition) is 8. The number of carboxylic acid groups (broad SMARTS) is 1. The van der Waals surface area contributed by atoms with Crippen LogP contribution in [0.1, 0.15) is 45.1 Å². The number of phenols is 1. The van der Waals surface area contributed by atoms with Gasteiger partial charge in [-0.3, -0.25) is 24.0 Å². The standard InChI is InChI=1S/C24H36N6O8/c1-12(2)9-17(29-21(34)15(25)10-13-3-5-14(31)6-4-13)22(35)30-18(11-20(27)33)23(36)28-16(24(37)38)7-8-19(26)32/h3-6,12,15-18,31H,7-11,25H2,1-2H3,(H2,26,32)(H2,27,33)(H,28,36)(H,29,34)(H,30,35)(H,37,38). The molecule has 0 fully saturated rings. The first-order chi connectivity index (χ1) is 17.7. The maximum Gasteiger partial charge on any atom is 0.326 e. The van der Waals surface area contributed by atoms with Crippen molar-refractivity contribution in [2.75, 3.05) is 0 Å². The monoisotopic (exact) mass is 536 g/mol. The maximum atomic E-state index is 13.1. The molecule has 38 heavy (non-hydrogen) atoms. The Morgan fingerprint density at radius 1 is 0.816 bits per heavy atom.